The first-order chi connectivity index (χ1) is 21.7. The van der Waals surface area contributed by atoms with Crippen molar-refractivity contribution in [2.24, 2.45) is 0 Å². The van der Waals surface area contributed by atoms with Gasteiger partial charge >= 0.3 is 6.72 Å². The van der Waals surface area contributed by atoms with Gasteiger partial charge in [-0.3, -0.25) is 4.57 Å². The lowest BCUT2D eigenvalue weighted by molar-refractivity contribution is -0.0515. The lowest BCUT2D eigenvalue weighted by Gasteiger charge is -2.44. The van der Waals surface area contributed by atoms with Crippen molar-refractivity contribution in [1.29, 1.82) is 0 Å². The van der Waals surface area contributed by atoms with Gasteiger partial charge in [0.2, 0.25) is 0 Å². The monoisotopic (exact) mass is 721 g/mol. The van der Waals surface area contributed by atoms with Gasteiger partial charge in [0.25, 0.3) is 0 Å². The molecule has 4 heterocycles. The van der Waals surface area contributed by atoms with Crippen LogP contribution in [-0.2, 0) is 39.0 Å². The summed E-state index contributed by atoms with van der Waals surface area (Å²) in [5.74, 6) is 0.301. The van der Waals surface area contributed by atoms with Crippen LogP contribution in [0.5, 0.6) is 0 Å². The summed E-state index contributed by atoms with van der Waals surface area (Å²) >= 11 is 5.94. The SMILES string of the molecule is Cc1cccc(C2CCOP(=S)(OC[C@H]3O[C@@H](n4cnc5c(N)ncnc54)[C@H](O[Si](C)(C)C(C)(C)C)[C@@H]3O[Si](C)(C)C(C)(C)C)O2)c1. The summed E-state index contributed by atoms with van der Waals surface area (Å²) in [6, 6.07) is 8.28. The minimum atomic E-state index is -3.10. The Balaban J connectivity index is 1.51. The van der Waals surface area contributed by atoms with Crippen LogP contribution in [0.25, 0.3) is 11.2 Å². The number of ether oxygens (including phenoxy) is 1. The maximum Gasteiger partial charge on any atom is 0.327 e. The second-order valence-electron chi connectivity index (χ2n) is 15.7. The van der Waals surface area contributed by atoms with Crippen LogP contribution >= 0.6 is 6.72 Å². The molecule has 2 aromatic heterocycles. The molecule has 3 aromatic rings. The quantitative estimate of drug-likeness (QED) is 0.172. The normalized spacial score (nSPS) is 27.9. The number of imidazole rings is 1. The summed E-state index contributed by atoms with van der Waals surface area (Å²) in [5, 5.41) is -0.133. The molecule has 0 spiro atoms. The van der Waals surface area contributed by atoms with Crippen LogP contribution in [0, 0.1) is 6.92 Å². The molecule has 2 aliphatic heterocycles. The molecule has 6 atom stereocenters. The van der Waals surface area contributed by atoms with Crippen molar-refractivity contribution < 1.29 is 27.2 Å². The molecule has 2 aliphatic rings. The highest BCUT2D eigenvalue weighted by Crippen LogP contribution is 2.58. The number of rotatable bonds is 9. The van der Waals surface area contributed by atoms with Gasteiger partial charge in [0.05, 0.1) is 25.6 Å². The number of hydrogen-bond donors (Lipinski definition) is 1. The van der Waals surface area contributed by atoms with E-state index >= 15 is 0 Å². The second kappa shape index (κ2) is 13.3. The standard InChI is InChI=1S/C32H52N5O6PSSi2/c1-21-13-12-14-22(17-21)23-15-16-38-44(45,41-23)39-18-24-26(42-46(8,9)31(2,3)4)27(43-47(10,11)32(5,6)7)30(40-24)37-20-36-25-28(33)34-19-35-29(25)37/h12-14,17,19-20,23-24,26-27,30H,15-16,18H2,1-11H3,(H2,33,34,35)/t23?,24-,26-,27-,30-,44?/m1/s1. The Hall–Kier alpha value is -1.59. The maximum absolute atomic E-state index is 7.24. The van der Waals surface area contributed by atoms with E-state index in [-0.39, 0.29) is 22.8 Å². The average Bonchev–Trinajstić information content (AvgIpc) is 3.52. The largest absolute Gasteiger partial charge is 0.408 e. The molecule has 0 radical (unpaired) electrons. The van der Waals surface area contributed by atoms with Crippen LogP contribution in [-0.4, -0.2) is 67.7 Å². The summed E-state index contributed by atoms with van der Waals surface area (Å²) in [6.07, 6.45) is 1.47. The van der Waals surface area contributed by atoms with Crippen molar-refractivity contribution in [3.63, 3.8) is 0 Å². The topological polar surface area (TPSA) is 125 Å². The first-order valence-corrected chi connectivity index (χ1v) is 24.7. The molecule has 2 fully saturated rings. The van der Waals surface area contributed by atoms with E-state index in [4.69, 9.17) is 44.7 Å². The van der Waals surface area contributed by atoms with E-state index < -0.39 is 47.9 Å². The van der Waals surface area contributed by atoms with E-state index in [1.54, 1.807) is 6.33 Å². The Morgan fingerprint density at radius 1 is 1.00 bits per heavy atom. The van der Waals surface area contributed by atoms with Crippen LogP contribution in [0.1, 0.15) is 71.4 Å². The molecule has 47 heavy (non-hydrogen) atoms. The van der Waals surface area contributed by atoms with E-state index in [1.807, 2.05) is 10.6 Å². The highest BCUT2D eigenvalue weighted by Gasteiger charge is 2.55. The van der Waals surface area contributed by atoms with E-state index in [2.05, 4.69) is 108 Å². The molecule has 2 N–H and O–H groups in total. The van der Waals surface area contributed by atoms with Crippen LogP contribution in [0.2, 0.25) is 36.3 Å². The van der Waals surface area contributed by atoms with Gasteiger partial charge in [-0.15, -0.1) is 0 Å². The lowest BCUT2D eigenvalue weighted by Crippen LogP contribution is -2.54. The van der Waals surface area contributed by atoms with Crippen LogP contribution in [0.4, 0.5) is 5.82 Å². The van der Waals surface area contributed by atoms with Gasteiger partial charge in [0.1, 0.15) is 30.2 Å². The van der Waals surface area contributed by atoms with E-state index in [0.29, 0.717) is 30.0 Å². The van der Waals surface area contributed by atoms with Crippen molar-refractivity contribution in [3.05, 3.63) is 48.0 Å². The van der Waals surface area contributed by atoms with Crippen molar-refractivity contribution in [1.82, 2.24) is 19.5 Å². The van der Waals surface area contributed by atoms with Gasteiger partial charge in [-0.1, -0.05) is 71.4 Å². The number of aromatic nitrogens is 4. The zero-order valence-electron chi connectivity index (χ0n) is 29.6. The number of aryl methyl sites for hydroxylation is 1. The average molecular weight is 722 g/mol. The summed E-state index contributed by atoms with van der Waals surface area (Å²) in [5.41, 5.74) is 9.48. The number of benzene rings is 1. The predicted molar refractivity (Wildman–Crippen MR) is 194 cm³/mol. The predicted octanol–water partition coefficient (Wildman–Crippen LogP) is 7.81. The van der Waals surface area contributed by atoms with Crippen molar-refractivity contribution in [3.8, 4) is 0 Å². The molecule has 0 bridgehead atoms. The highest BCUT2D eigenvalue weighted by atomic mass is 32.5. The van der Waals surface area contributed by atoms with Gasteiger partial charge in [-0.05, 0) is 60.6 Å². The molecular weight excluding hydrogens is 670 g/mol. The van der Waals surface area contributed by atoms with Gasteiger partial charge in [0, 0.05) is 6.42 Å². The minimum absolute atomic E-state index is 0.0652. The van der Waals surface area contributed by atoms with Gasteiger partial charge in [-0.2, -0.15) is 0 Å². The number of nitrogens with two attached hydrogens (primary N) is 1. The molecule has 2 unspecified atom stereocenters. The van der Waals surface area contributed by atoms with Gasteiger partial charge in [-0.25, -0.2) is 15.0 Å². The first kappa shape index (κ1) is 36.7. The number of nitrogens with zero attached hydrogens (tertiary/aromatic N) is 4. The smallest absolute Gasteiger partial charge is 0.327 e. The lowest BCUT2D eigenvalue weighted by atomic mass is 10.0. The first-order valence-electron chi connectivity index (χ1n) is 16.3. The number of hydrogen-bond acceptors (Lipinski definition) is 11. The summed E-state index contributed by atoms with van der Waals surface area (Å²) in [7, 11) is -4.71. The fourth-order valence-electron chi connectivity index (χ4n) is 5.27. The number of nitrogen functional groups attached to an aromatic ring is 1. The molecule has 5 rings (SSSR count). The number of anilines is 1. The Morgan fingerprint density at radius 3 is 2.30 bits per heavy atom. The molecular formula is C32H52N5O6PSSi2. The Labute approximate surface area is 286 Å². The van der Waals surface area contributed by atoms with Gasteiger partial charge in [0.15, 0.2) is 34.3 Å². The van der Waals surface area contributed by atoms with Crippen molar-refractivity contribution in [2.45, 2.75) is 122 Å². The van der Waals surface area contributed by atoms with Crippen molar-refractivity contribution >= 4 is 52.1 Å². The summed E-state index contributed by atoms with van der Waals surface area (Å²) in [6.45, 7) is 21.8. The molecule has 0 aliphatic carbocycles. The maximum atomic E-state index is 7.24. The molecule has 0 amide bonds. The third-order valence-corrected chi connectivity index (χ3v) is 21.4. The second-order valence-corrected chi connectivity index (χ2v) is 28.2. The van der Waals surface area contributed by atoms with Crippen LogP contribution < -0.4 is 5.73 Å². The zero-order chi connectivity index (χ0) is 34.6. The zero-order valence-corrected chi connectivity index (χ0v) is 33.4. The summed E-state index contributed by atoms with van der Waals surface area (Å²) in [4.78, 5) is 13.2. The molecule has 15 heteroatoms. The molecule has 260 valence electrons. The van der Waals surface area contributed by atoms with E-state index in [9.17, 15) is 0 Å². The fraction of sp³-hybridized carbons (Fsp3) is 0.656. The Bertz CT molecular complexity index is 1630. The van der Waals surface area contributed by atoms with Gasteiger partial charge < -0.3 is 32.9 Å². The summed E-state index contributed by atoms with van der Waals surface area (Å²) < 4.78 is 42.2. The minimum Gasteiger partial charge on any atom is -0.408 e. The molecule has 1 aromatic carbocycles. The third kappa shape index (κ3) is 7.77. The Kier molecular flexibility index (Phi) is 10.4. The Morgan fingerprint density at radius 2 is 1.66 bits per heavy atom. The molecule has 11 nitrogen and oxygen atoms in total. The fourth-order valence-corrected chi connectivity index (χ4v) is 9.98. The third-order valence-electron chi connectivity index (χ3n) is 10.1. The number of fused-ring (bicyclic) bond motifs is 1. The highest BCUT2D eigenvalue weighted by molar-refractivity contribution is 8.07. The molecule has 2 saturated heterocycles. The van der Waals surface area contributed by atoms with Crippen molar-refractivity contribution in [2.75, 3.05) is 18.9 Å². The van der Waals surface area contributed by atoms with E-state index in [0.717, 1.165) is 11.1 Å². The molecule has 0 saturated carbocycles. The van der Waals surface area contributed by atoms with E-state index in [1.165, 1.54) is 6.33 Å². The van der Waals surface area contributed by atoms with Crippen LogP contribution in [0.3, 0.4) is 0 Å². The van der Waals surface area contributed by atoms with Crippen LogP contribution in [0.15, 0.2) is 36.9 Å².